The van der Waals surface area contributed by atoms with E-state index >= 15 is 0 Å². The molecule has 0 bridgehead atoms. The number of hydrogen-bond donors (Lipinski definition) is 0. The lowest BCUT2D eigenvalue weighted by atomic mass is 10.1. The molecule has 0 fully saturated rings. The maximum Gasteiger partial charge on any atom is 0.213 e. The molecule has 0 aliphatic rings. The van der Waals surface area contributed by atoms with Gasteiger partial charge in [-0.2, -0.15) is 0 Å². The fraction of sp³-hybridized carbons (Fsp3) is 0.111. The number of hydrogen-bond acceptors (Lipinski definition) is 3. The van der Waals surface area contributed by atoms with Crippen LogP contribution in [0, 0.1) is 0 Å². The van der Waals surface area contributed by atoms with E-state index in [1.165, 1.54) is 0 Å². The molecular weight excluding hydrogens is 345 g/mol. The highest BCUT2D eigenvalue weighted by Crippen LogP contribution is 2.29. The van der Waals surface area contributed by atoms with Crippen LogP contribution in [0.3, 0.4) is 0 Å². The molecule has 0 aliphatic carbocycles. The van der Waals surface area contributed by atoms with E-state index in [4.69, 9.17) is 27.6 Å². The molecule has 0 saturated carbocycles. The second kappa shape index (κ2) is 6.30. The average Bonchev–Trinajstić information content (AvgIpc) is 3.22. The quantitative estimate of drug-likeness (QED) is 0.517. The highest BCUT2D eigenvalue weighted by atomic mass is 35.5. The van der Waals surface area contributed by atoms with Crippen LogP contribution in [0.4, 0.5) is 0 Å². The Bertz CT molecular complexity index is 973. The van der Waals surface area contributed by atoms with Crippen molar-refractivity contribution in [1.82, 2.24) is 14.5 Å². The van der Waals surface area contributed by atoms with Crippen molar-refractivity contribution in [3.05, 3.63) is 82.4 Å². The summed E-state index contributed by atoms with van der Waals surface area (Å²) in [4.78, 5) is 8.70. The van der Waals surface area contributed by atoms with Crippen molar-refractivity contribution in [1.29, 1.82) is 0 Å². The number of pyridine rings is 1. The van der Waals surface area contributed by atoms with Crippen LogP contribution < -0.4 is 0 Å². The van der Waals surface area contributed by atoms with Gasteiger partial charge < -0.3 is 8.98 Å². The lowest BCUT2D eigenvalue weighted by Crippen LogP contribution is -1.99. The zero-order chi connectivity index (χ0) is 16.5. The van der Waals surface area contributed by atoms with Gasteiger partial charge in [-0.1, -0.05) is 29.3 Å². The van der Waals surface area contributed by atoms with E-state index in [1.54, 1.807) is 18.7 Å². The molecule has 24 heavy (non-hydrogen) atoms. The third-order valence-electron chi connectivity index (χ3n) is 3.98. The number of aromatic nitrogens is 3. The van der Waals surface area contributed by atoms with Gasteiger partial charge in [0, 0.05) is 34.2 Å². The summed E-state index contributed by atoms with van der Waals surface area (Å²) in [6.45, 7) is 0.576. The third-order valence-corrected chi connectivity index (χ3v) is 4.68. The molecule has 120 valence electrons. The minimum absolute atomic E-state index is 0.576. The van der Waals surface area contributed by atoms with Gasteiger partial charge in [-0.25, -0.2) is 4.98 Å². The first kappa shape index (κ1) is 15.2. The first-order chi connectivity index (χ1) is 11.7. The Hall–Kier alpha value is -2.30. The topological polar surface area (TPSA) is 43.9 Å². The fourth-order valence-corrected chi connectivity index (χ4v) is 3.34. The molecule has 6 heteroatoms. The first-order valence-corrected chi connectivity index (χ1v) is 8.22. The molecule has 0 saturated heterocycles. The number of rotatable bonds is 4. The molecule has 0 unspecified atom stereocenters. The number of halogens is 2. The van der Waals surface area contributed by atoms with Gasteiger partial charge in [0.05, 0.1) is 24.0 Å². The van der Waals surface area contributed by atoms with E-state index in [1.807, 2.05) is 36.5 Å². The summed E-state index contributed by atoms with van der Waals surface area (Å²) >= 11 is 12.6. The van der Waals surface area contributed by atoms with Crippen LogP contribution in [-0.2, 0) is 13.0 Å². The molecule has 0 N–H and O–H groups in total. The molecular formula is C18H13Cl2N3O. The lowest BCUT2D eigenvalue weighted by molar-refractivity contribution is 0.482. The Morgan fingerprint density at radius 2 is 1.83 bits per heavy atom. The summed E-state index contributed by atoms with van der Waals surface area (Å²) in [6, 6.07) is 9.56. The minimum atomic E-state index is 0.576. The van der Waals surface area contributed by atoms with Crippen molar-refractivity contribution in [2.24, 2.45) is 0 Å². The molecule has 0 amide bonds. The summed E-state index contributed by atoms with van der Waals surface area (Å²) in [5.41, 5.74) is 2.90. The second-order valence-corrected chi connectivity index (χ2v) is 6.25. The summed E-state index contributed by atoms with van der Waals surface area (Å²) in [7, 11) is 0. The summed E-state index contributed by atoms with van der Waals surface area (Å²) in [6.07, 6.45) is 7.61. The standard InChI is InChI=1S/C18H13Cl2N3O/c19-14-2-1-3-15(20)13(14)10-16-12-5-8-23(17(12)4-6-21-16)11-18-22-7-9-24-18/h1-9H,10-11H2. The lowest BCUT2D eigenvalue weighted by Gasteiger charge is -2.08. The van der Waals surface area contributed by atoms with Gasteiger partial charge in [0.15, 0.2) is 0 Å². The fourth-order valence-electron chi connectivity index (χ4n) is 2.81. The third kappa shape index (κ3) is 2.79. The summed E-state index contributed by atoms with van der Waals surface area (Å²) in [5, 5.41) is 2.38. The number of oxazole rings is 1. The Morgan fingerprint density at radius 1 is 1.00 bits per heavy atom. The van der Waals surface area contributed by atoms with Gasteiger partial charge in [-0.15, -0.1) is 0 Å². The van der Waals surface area contributed by atoms with Crippen LogP contribution in [0.15, 0.2) is 59.6 Å². The summed E-state index contributed by atoms with van der Waals surface area (Å²) < 4.78 is 7.41. The molecule has 4 rings (SSSR count). The first-order valence-electron chi connectivity index (χ1n) is 7.46. The maximum atomic E-state index is 6.29. The average molecular weight is 358 g/mol. The van der Waals surface area contributed by atoms with Crippen molar-refractivity contribution in [3.63, 3.8) is 0 Å². The van der Waals surface area contributed by atoms with Crippen molar-refractivity contribution in [2.45, 2.75) is 13.0 Å². The smallest absolute Gasteiger partial charge is 0.213 e. The zero-order valence-electron chi connectivity index (χ0n) is 12.6. The monoisotopic (exact) mass is 357 g/mol. The van der Waals surface area contributed by atoms with Gasteiger partial charge in [0.2, 0.25) is 5.89 Å². The Balaban J connectivity index is 1.73. The summed E-state index contributed by atoms with van der Waals surface area (Å²) in [5.74, 6) is 0.667. The van der Waals surface area contributed by atoms with Gasteiger partial charge in [-0.05, 0) is 29.8 Å². The number of nitrogens with zero attached hydrogens (tertiary/aromatic N) is 3. The normalized spacial score (nSPS) is 11.2. The van der Waals surface area contributed by atoms with E-state index < -0.39 is 0 Å². The molecule has 4 nitrogen and oxygen atoms in total. The highest BCUT2D eigenvalue weighted by molar-refractivity contribution is 6.36. The van der Waals surface area contributed by atoms with Crippen molar-refractivity contribution in [3.8, 4) is 0 Å². The highest BCUT2D eigenvalue weighted by Gasteiger charge is 2.12. The number of benzene rings is 1. The SMILES string of the molecule is Clc1cccc(Cl)c1Cc1nccc2c1ccn2Cc1ncco1. The van der Waals surface area contributed by atoms with Crippen LogP contribution in [-0.4, -0.2) is 14.5 Å². The van der Waals surface area contributed by atoms with Gasteiger partial charge in [0.25, 0.3) is 0 Å². The predicted molar refractivity (Wildman–Crippen MR) is 94.6 cm³/mol. The van der Waals surface area contributed by atoms with E-state index in [2.05, 4.69) is 14.5 Å². The molecule has 1 aromatic carbocycles. The van der Waals surface area contributed by atoms with E-state index in [-0.39, 0.29) is 0 Å². The number of fused-ring (bicyclic) bond motifs is 1. The van der Waals surface area contributed by atoms with Gasteiger partial charge in [-0.3, -0.25) is 4.98 Å². The molecule has 0 atom stereocenters. The van der Waals surface area contributed by atoms with Crippen LogP contribution in [0.2, 0.25) is 10.0 Å². The van der Waals surface area contributed by atoms with E-state index in [9.17, 15) is 0 Å². The van der Waals surface area contributed by atoms with Crippen molar-refractivity contribution in [2.75, 3.05) is 0 Å². The largest absolute Gasteiger partial charge is 0.447 e. The van der Waals surface area contributed by atoms with Crippen LogP contribution in [0.25, 0.3) is 10.9 Å². The maximum absolute atomic E-state index is 6.29. The predicted octanol–water partition coefficient (Wildman–Crippen LogP) is 4.97. The Kier molecular flexibility index (Phi) is 4.00. The van der Waals surface area contributed by atoms with Crippen LogP contribution in [0.5, 0.6) is 0 Å². The van der Waals surface area contributed by atoms with E-state index in [0.29, 0.717) is 28.9 Å². The van der Waals surface area contributed by atoms with Crippen LogP contribution >= 0.6 is 23.2 Å². The molecule has 3 heterocycles. The van der Waals surface area contributed by atoms with Crippen molar-refractivity contribution >= 4 is 34.1 Å². The molecule has 4 aromatic rings. The second-order valence-electron chi connectivity index (χ2n) is 5.44. The Labute approximate surface area is 148 Å². The molecule has 0 radical (unpaired) electrons. The molecule has 0 spiro atoms. The van der Waals surface area contributed by atoms with Gasteiger partial charge in [0.1, 0.15) is 6.26 Å². The van der Waals surface area contributed by atoms with Crippen molar-refractivity contribution < 1.29 is 4.42 Å². The molecule has 0 aliphatic heterocycles. The molecule has 3 aromatic heterocycles. The van der Waals surface area contributed by atoms with Gasteiger partial charge >= 0.3 is 0 Å². The zero-order valence-corrected chi connectivity index (χ0v) is 14.1. The van der Waals surface area contributed by atoms with Crippen LogP contribution in [0.1, 0.15) is 17.1 Å². The Morgan fingerprint density at radius 3 is 2.58 bits per heavy atom. The minimum Gasteiger partial charge on any atom is -0.447 e. The van der Waals surface area contributed by atoms with E-state index in [0.717, 1.165) is 22.2 Å².